The van der Waals surface area contributed by atoms with Gasteiger partial charge in [-0.1, -0.05) is 32.9 Å². The van der Waals surface area contributed by atoms with Crippen LogP contribution >= 0.6 is 0 Å². The molecule has 1 saturated heterocycles. The van der Waals surface area contributed by atoms with Gasteiger partial charge < -0.3 is 9.64 Å². The fourth-order valence-electron chi connectivity index (χ4n) is 2.56. The fourth-order valence-corrected chi connectivity index (χ4v) is 2.56. The van der Waals surface area contributed by atoms with Crippen LogP contribution in [0.5, 0.6) is 0 Å². The van der Waals surface area contributed by atoms with Gasteiger partial charge in [0.1, 0.15) is 0 Å². The van der Waals surface area contributed by atoms with Gasteiger partial charge in [0, 0.05) is 18.8 Å². The zero-order valence-corrected chi connectivity index (χ0v) is 12.2. The van der Waals surface area contributed by atoms with Crippen molar-refractivity contribution in [3.05, 3.63) is 29.8 Å². The van der Waals surface area contributed by atoms with E-state index >= 15 is 0 Å². The number of rotatable bonds is 1. The Morgan fingerprint density at radius 2 is 1.50 bits per heavy atom. The second-order valence-corrected chi connectivity index (χ2v) is 6.46. The van der Waals surface area contributed by atoms with Crippen molar-refractivity contribution in [1.82, 2.24) is 0 Å². The molecule has 100 valence electrons. The van der Waals surface area contributed by atoms with E-state index in [1.807, 2.05) is 0 Å². The van der Waals surface area contributed by atoms with E-state index in [-0.39, 0.29) is 5.41 Å². The van der Waals surface area contributed by atoms with Gasteiger partial charge in [-0.2, -0.15) is 0 Å². The number of morpholine rings is 1. The molecule has 0 aliphatic carbocycles. The summed E-state index contributed by atoms with van der Waals surface area (Å²) in [7, 11) is 0. The van der Waals surface area contributed by atoms with Crippen LogP contribution in [0, 0.1) is 0 Å². The second kappa shape index (κ2) is 4.93. The largest absolute Gasteiger partial charge is 0.372 e. The lowest BCUT2D eigenvalue weighted by molar-refractivity contribution is -0.00521. The third-order valence-electron chi connectivity index (χ3n) is 3.52. The minimum atomic E-state index is 0.226. The van der Waals surface area contributed by atoms with Crippen LogP contribution in [0.2, 0.25) is 0 Å². The maximum absolute atomic E-state index is 5.77. The van der Waals surface area contributed by atoms with Crippen molar-refractivity contribution in [2.45, 2.75) is 52.2 Å². The second-order valence-electron chi connectivity index (χ2n) is 6.46. The maximum atomic E-state index is 5.77. The Morgan fingerprint density at radius 1 is 1.00 bits per heavy atom. The first-order chi connectivity index (χ1) is 8.36. The molecule has 0 saturated carbocycles. The Balaban J connectivity index is 2.14. The van der Waals surface area contributed by atoms with Crippen LogP contribution in [0.1, 0.15) is 40.2 Å². The molecule has 1 heterocycles. The third kappa shape index (κ3) is 3.05. The van der Waals surface area contributed by atoms with Gasteiger partial charge in [-0.15, -0.1) is 0 Å². The molecule has 2 heteroatoms. The molecule has 2 rings (SSSR count). The summed E-state index contributed by atoms with van der Waals surface area (Å²) in [5, 5.41) is 0. The summed E-state index contributed by atoms with van der Waals surface area (Å²) >= 11 is 0. The quantitative estimate of drug-likeness (QED) is 0.752. The minimum absolute atomic E-state index is 0.226. The molecule has 2 atom stereocenters. The monoisotopic (exact) mass is 247 g/mol. The van der Waals surface area contributed by atoms with E-state index in [0.717, 1.165) is 13.1 Å². The van der Waals surface area contributed by atoms with Gasteiger partial charge in [-0.3, -0.25) is 0 Å². The topological polar surface area (TPSA) is 12.5 Å². The highest BCUT2D eigenvalue weighted by Crippen LogP contribution is 2.26. The smallest absolute Gasteiger partial charge is 0.0726 e. The van der Waals surface area contributed by atoms with Gasteiger partial charge >= 0.3 is 0 Å². The van der Waals surface area contributed by atoms with Gasteiger partial charge in [0.15, 0.2) is 0 Å². The molecule has 1 aliphatic heterocycles. The number of benzene rings is 1. The number of ether oxygens (including phenoxy) is 1. The average Bonchev–Trinajstić information content (AvgIpc) is 2.27. The lowest BCUT2D eigenvalue weighted by Gasteiger charge is -2.37. The van der Waals surface area contributed by atoms with Crippen molar-refractivity contribution < 1.29 is 4.74 Å². The maximum Gasteiger partial charge on any atom is 0.0726 e. The van der Waals surface area contributed by atoms with Crippen molar-refractivity contribution in [1.29, 1.82) is 0 Å². The molecule has 0 bridgehead atoms. The molecule has 2 nitrogen and oxygen atoms in total. The molecular formula is C16H25NO. The van der Waals surface area contributed by atoms with Crippen LogP contribution in [-0.2, 0) is 10.2 Å². The summed E-state index contributed by atoms with van der Waals surface area (Å²) in [6.07, 6.45) is 0.632. The number of hydrogen-bond acceptors (Lipinski definition) is 2. The van der Waals surface area contributed by atoms with Crippen molar-refractivity contribution in [3.63, 3.8) is 0 Å². The van der Waals surface area contributed by atoms with Gasteiger partial charge in [-0.25, -0.2) is 0 Å². The fraction of sp³-hybridized carbons (Fsp3) is 0.625. The molecule has 18 heavy (non-hydrogen) atoms. The van der Waals surface area contributed by atoms with Crippen LogP contribution < -0.4 is 4.90 Å². The molecular weight excluding hydrogens is 222 g/mol. The van der Waals surface area contributed by atoms with Crippen molar-refractivity contribution in [2.24, 2.45) is 0 Å². The van der Waals surface area contributed by atoms with E-state index < -0.39 is 0 Å². The van der Waals surface area contributed by atoms with Crippen LogP contribution in [0.25, 0.3) is 0 Å². The van der Waals surface area contributed by atoms with Crippen LogP contribution in [0.4, 0.5) is 5.69 Å². The number of nitrogens with zero attached hydrogens (tertiary/aromatic N) is 1. The first kappa shape index (κ1) is 13.4. The van der Waals surface area contributed by atoms with Gasteiger partial charge in [0.05, 0.1) is 12.2 Å². The molecule has 1 aliphatic rings. The minimum Gasteiger partial charge on any atom is -0.372 e. The summed E-state index contributed by atoms with van der Waals surface area (Å²) in [6, 6.07) is 8.98. The van der Waals surface area contributed by atoms with Crippen LogP contribution in [-0.4, -0.2) is 25.3 Å². The first-order valence-corrected chi connectivity index (χ1v) is 6.87. The highest BCUT2D eigenvalue weighted by Gasteiger charge is 2.22. The van der Waals surface area contributed by atoms with Gasteiger partial charge in [-0.05, 0) is 37.0 Å². The molecule has 1 aromatic rings. The van der Waals surface area contributed by atoms with Crippen molar-refractivity contribution >= 4 is 5.69 Å². The van der Waals surface area contributed by atoms with E-state index in [1.165, 1.54) is 11.3 Å². The summed E-state index contributed by atoms with van der Waals surface area (Å²) in [5.41, 5.74) is 2.93. The Labute approximate surface area is 111 Å². The Morgan fingerprint density at radius 3 is 1.94 bits per heavy atom. The summed E-state index contributed by atoms with van der Waals surface area (Å²) in [6.45, 7) is 13.0. The Bertz CT molecular complexity index is 381. The molecule has 0 spiro atoms. The highest BCUT2D eigenvalue weighted by molar-refractivity contribution is 5.49. The van der Waals surface area contributed by atoms with Crippen LogP contribution in [0.3, 0.4) is 0 Å². The molecule has 0 N–H and O–H groups in total. The van der Waals surface area contributed by atoms with Crippen molar-refractivity contribution in [3.8, 4) is 0 Å². The highest BCUT2D eigenvalue weighted by atomic mass is 16.5. The summed E-state index contributed by atoms with van der Waals surface area (Å²) in [5.74, 6) is 0. The third-order valence-corrected chi connectivity index (χ3v) is 3.52. The van der Waals surface area contributed by atoms with Gasteiger partial charge in [0.2, 0.25) is 0 Å². The van der Waals surface area contributed by atoms with E-state index in [9.17, 15) is 0 Å². The SMILES string of the molecule is C[C@@H]1CN(c2ccc(C(C)(C)C)cc2)C[C@@H](C)O1. The lowest BCUT2D eigenvalue weighted by atomic mass is 9.87. The number of anilines is 1. The summed E-state index contributed by atoms with van der Waals surface area (Å²) < 4.78 is 5.77. The Kier molecular flexibility index (Phi) is 3.67. The molecule has 0 aromatic heterocycles. The van der Waals surface area contributed by atoms with E-state index in [2.05, 4.69) is 63.8 Å². The molecule has 0 radical (unpaired) electrons. The number of hydrogen-bond donors (Lipinski definition) is 0. The van der Waals surface area contributed by atoms with Crippen molar-refractivity contribution in [2.75, 3.05) is 18.0 Å². The molecule has 1 aromatic carbocycles. The molecule has 0 unspecified atom stereocenters. The average molecular weight is 247 g/mol. The normalized spacial score (nSPS) is 25.3. The van der Waals surface area contributed by atoms with E-state index in [4.69, 9.17) is 4.74 Å². The van der Waals surface area contributed by atoms with Crippen LogP contribution in [0.15, 0.2) is 24.3 Å². The predicted octanol–water partition coefficient (Wildman–Crippen LogP) is 3.60. The van der Waals surface area contributed by atoms with E-state index in [0.29, 0.717) is 12.2 Å². The molecule has 0 amide bonds. The zero-order chi connectivity index (χ0) is 13.3. The predicted molar refractivity (Wildman–Crippen MR) is 77.4 cm³/mol. The summed E-state index contributed by atoms with van der Waals surface area (Å²) in [4.78, 5) is 2.42. The molecule has 1 fully saturated rings. The Hall–Kier alpha value is -1.02. The van der Waals surface area contributed by atoms with E-state index in [1.54, 1.807) is 0 Å². The van der Waals surface area contributed by atoms with Gasteiger partial charge in [0.25, 0.3) is 0 Å². The zero-order valence-electron chi connectivity index (χ0n) is 12.2. The first-order valence-electron chi connectivity index (χ1n) is 6.87. The lowest BCUT2D eigenvalue weighted by Crippen LogP contribution is -2.45. The standard InChI is InChI=1S/C16H25NO/c1-12-10-17(11-13(2)18-12)15-8-6-14(7-9-15)16(3,4)5/h6-9,12-13H,10-11H2,1-5H3/t12-,13-/m1/s1.